The standard InChI is InChI=1S/C14H6O5/c15-7-3-1-2-6-10(7)14(19)12-9(17)5-4-8(16)11(12)13(6)18/h1-5,15H. The van der Waals surface area contributed by atoms with Crippen molar-refractivity contribution in [3.05, 3.63) is 81.7 Å². The molecule has 0 amide bonds. The molecule has 92 valence electrons. The van der Waals surface area contributed by atoms with Crippen LogP contribution in [-0.4, -0.2) is 5.11 Å². The number of fused-ring (bicyclic) bond motifs is 1. The van der Waals surface area contributed by atoms with Gasteiger partial charge in [-0.1, -0.05) is 12.1 Å². The van der Waals surface area contributed by atoms with Gasteiger partial charge in [-0.05, 0) is 18.2 Å². The lowest BCUT2D eigenvalue weighted by atomic mass is 10.0. The van der Waals surface area contributed by atoms with E-state index in [1.807, 2.05) is 0 Å². The summed E-state index contributed by atoms with van der Waals surface area (Å²) in [7, 11) is 0. The predicted octanol–water partition coefficient (Wildman–Crippen LogP) is -0.413. The molecule has 0 atom stereocenters. The monoisotopic (exact) mass is 254 g/mol. The van der Waals surface area contributed by atoms with Gasteiger partial charge in [-0.2, -0.15) is 0 Å². The van der Waals surface area contributed by atoms with Crippen molar-refractivity contribution in [2.75, 3.05) is 0 Å². The molecule has 0 aromatic heterocycles. The van der Waals surface area contributed by atoms with Crippen LogP contribution in [-0.2, 0) is 0 Å². The average molecular weight is 254 g/mol. The van der Waals surface area contributed by atoms with E-state index in [0.717, 1.165) is 12.1 Å². The molecule has 0 bridgehead atoms. The molecule has 0 saturated carbocycles. The topological polar surface area (TPSA) is 88.5 Å². The Morgan fingerprint density at radius 2 is 1.32 bits per heavy atom. The Balaban J connectivity index is 3.02. The summed E-state index contributed by atoms with van der Waals surface area (Å²) in [6.07, 6.45) is 0. The molecule has 1 N–H and O–H groups in total. The number of benzene rings is 1. The van der Waals surface area contributed by atoms with Crippen molar-refractivity contribution in [1.82, 2.24) is 0 Å². The van der Waals surface area contributed by atoms with Gasteiger partial charge in [0.1, 0.15) is 5.75 Å². The minimum absolute atomic E-state index is 0.0554. The Morgan fingerprint density at radius 1 is 0.737 bits per heavy atom. The molecule has 19 heavy (non-hydrogen) atoms. The molecule has 1 aromatic carbocycles. The molecule has 2 aliphatic rings. The highest BCUT2D eigenvalue weighted by Crippen LogP contribution is 2.17. The summed E-state index contributed by atoms with van der Waals surface area (Å²) >= 11 is 0. The van der Waals surface area contributed by atoms with Crippen LogP contribution in [0.3, 0.4) is 0 Å². The van der Waals surface area contributed by atoms with Crippen molar-refractivity contribution in [2.45, 2.75) is 0 Å². The molecular formula is C14H6O5. The summed E-state index contributed by atoms with van der Waals surface area (Å²) < 4.78 is 0. The van der Waals surface area contributed by atoms with E-state index < -0.39 is 32.2 Å². The second kappa shape index (κ2) is 3.58. The molecule has 1 aromatic rings. The molecule has 0 radical (unpaired) electrons. The van der Waals surface area contributed by atoms with Crippen molar-refractivity contribution in [3.8, 4) is 5.75 Å². The molecule has 0 fully saturated rings. The lowest BCUT2D eigenvalue weighted by Crippen LogP contribution is -2.27. The average Bonchev–Trinajstić information content (AvgIpc) is 2.38. The van der Waals surface area contributed by atoms with Crippen LogP contribution in [0.4, 0.5) is 0 Å². The van der Waals surface area contributed by atoms with Crippen molar-refractivity contribution in [2.24, 2.45) is 0 Å². The Morgan fingerprint density at radius 3 is 1.95 bits per heavy atom. The van der Waals surface area contributed by atoms with Crippen LogP contribution in [0.5, 0.6) is 5.75 Å². The van der Waals surface area contributed by atoms with Gasteiger partial charge in [0.15, 0.2) is 16.3 Å². The molecule has 0 unspecified atom stereocenters. The van der Waals surface area contributed by atoms with E-state index in [2.05, 4.69) is 0 Å². The zero-order chi connectivity index (χ0) is 13.7. The van der Waals surface area contributed by atoms with E-state index in [0.29, 0.717) is 0 Å². The third-order valence-corrected chi connectivity index (χ3v) is 3.10. The number of rotatable bonds is 0. The zero-order valence-corrected chi connectivity index (χ0v) is 9.47. The van der Waals surface area contributed by atoms with Crippen molar-refractivity contribution in [1.29, 1.82) is 0 Å². The molecule has 5 nitrogen and oxygen atoms in total. The zero-order valence-electron chi connectivity index (χ0n) is 9.47. The maximum atomic E-state index is 12.2. The molecule has 5 heteroatoms. The van der Waals surface area contributed by atoms with Gasteiger partial charge in [-0.25, -0.2) is 0 Å². The van der Waals surface area contributed by atoms with Gasteiger partial charge >= 0.3 is 0 Å². The van der Waals surface area contributed by atoms with Crippen LogP contribution < -0.4 is 21.7 Å². The Kier molecular flexibility index (Phi) is 2.13. The summed E-state index contributed by atoms with van der Waals surface area (Å²) in [5.41, 5.74) is -2.85. The van der Waals surface area contributed by atoms with Gasteiger partial charge in [0.25, 0.3) is 0 Å². The molecule has 0 aliphatic heterocycles. The highest BCUT2D eigenvalue weighted by atomic mass is 16.3. The summed E-state index contributed by atoms with van der Waals surface area (Å²) in [5.74, 6) is -0.378. The fourth-order valence-corrected chi connectivity index (χ4v) is 2.24. The third-order valence-electron chi connectivity index (χ3n) is 3.10. The smallest absolute Gasteiger partial charge is 0.202 e. The van der Waals surface area contributed by atoms with Crippen LogP contribution in [0.25, 0.3) is 10.8 Å². The fraction of sp³-hybridized carbons (Fsp3) is 0. The van der Waals surface area contributed by atoms with Gasteiger partial charge < -0.3 is 5.11 Å². The minimum atomic E-state index is -0.787. The lowest BCUT2D eigenvalue weighted by Gasteiger charge is -1.99. The lowest BCUT2D eigenvalue weighted by molar-refractivity contribution is 0.481. The largest absolute Gasteiger partial charge is 0.507 e. The van der Waals surface area contributed by atoms with Gasteiger partial charge in [0, 0.05) is 5.39 Å². The first-order chi connectivity index (χ1) is 9.02. The van der Waals surface area contributed by atoms with E-state index in [1.165, 1.54) is 18.2 Å². The van der Waals surface area contributed by atoms with E-state index in [4.69, 9.17) is 0 Å². The number of phenolic OH excluding ortho intramolecular Hbond substituents is 1. The number of hydrogen-bond donors (Lipinski definition) is 1. The van der Waals surface area contributed by atoms with E-state index in [1.54, 1.807) is 0 Å². The van der Waals surface area contributed by atoms with Gasteiger partial charge in [0.05, 0.1) is 15.8 Å². The Hall–Kier alpha value is -2.82. The SMILES string of the molecule is O=c1ccc(=O)c2c(=O)c3c(O)cccc3c(=O)c1=2. The van der Waals surface area contributed by atoms with Gasteiger partial charge in [-0.3, -0.25) is 19.2 Å². The van der Waals surface area contributed by atoms with Crippen molar-refractivity contribution in [3.63, 3.8) is 0 Å². The van der Waals surface area contributed by atoms with Crippen LogP contribution in [0.2, 0.25) is 0 Å². The van der Waals surface area contributed by atoms with Crippen LogP contribution in [0.15, 0.2) is 49.5 Å². The summed E-state index contributed by atoms with van der Waals surface area (Å²) in [5, 5.41) is 8.54. The highest BCUT2D eigenvalue weighted by Gasteiger charge is 2.14. The van der Waals surface area contributed by atoms with Crippen molar-refractivity contribution < 1.29 is 5.11 Å². The number of aromatic hydroxyl groups is 1. The van der Waals surface area contributed by atoms with Gasteiger partial charge in [0.2, 0.25) is 5.43 Å². The third kappa shape index (κ3) is 1.35. The Labute approximate surface area is 104 Å². The van der Waals surface area contributed by atoms with Crippen LogP contribution in [0.1, 0.15) is 0 Å². The van der Waals surface area contributed by atoms with Crippen LogP contribution in [0, 0.1) is 10.4 Å². The first-order valence-corrected chi connectivity index (χ1v) is 5.44. The van der Waals surface area contributed by atoms with Crippen LogP contribution >= 0.6 is 0 Å². The molecular weight excluding hydrogens is 248 g/mol. The molecule has 2 aliphatic carbocycles. The number of hydrogen-bond acceptors (Lipinski definition) is 5. The predicted molar refractivity (Wildman–Crippen MR) is 68.4 cm³/mol. The highest BCUT2D eigenvalue weighted by molar-refractivity contribution is 5.87. The molecule has 0 heterocycles. The quantitative estimate of drug-likeness (QED) is 0.589. The van der Waals surface area contributed by atoms with E-state index in [9.17, 15) is 24.3 Å². The summed E-state index contributed by atoms with van der Waals surface area (Å²) in [6, 6.07) is 5.92. The fourth-order valence-electron chi connectivity index (χ4n) is 2.24. The maximum absolute atomic E-state index is 12.2. The summed E-state index contributed by atoms with van der Waals surface area (Å²) in [6.45, 7) is 0. The van der Waals surface area contributed by atoms with Crippen molar-refractivity contribution >= 4 is 10.8 Å². The summed E-state index contributed by atoms with van der Waals surface area (Å²) in [4.78, 5) is 47.8. The normalized spacial score (nSPS) is 11.2. The second-order valence-electron chi connectivity index (χ2n) is 4.17. The first kappa shape index (κ1) is 11.3. The minimum Gasteiger partial charge on any atom is -0.507 e. The molecule has 3 rings (SSSR count). The number of phenols is 1. The second-order valence-corrected chi connectivity index (χ2v) is 4.17. The van der Waals surface area contributed by atoms with Gasteiger partial charge in [-0.15, -0.1) is 0 Å². The Bertz CT molecular complexity index is 1090. The van der Waals surface area contributed by atoms with E-state index in [-0.39, 0.29) is 16.5 Å². The molecule has 0 saturated heterocycles. The van der Waals surface area contributed by atoms with E-state index >= 15 is 0 Å². The first-order valence-electron chi connectivity index (χ1n) is 5.44. The molecule has 0 spiro atoms. The maximum Gasteiger partial charge on any atom is 0.202 e.